The van der Waals surface area contributed by atoms with Crippen LogP contribution in [0.2, 0.25) is 0 Å². The van der Waals surface area contributed by atoms with E-state index in [1.54, 1.807) is 0 Å². The van der Waals surface area contributed by atoms with Crippen molar-refractivity contribution in [3.63, 3.8) is 0 Å². The highest BCUT2D eigenvalue weighted by Gasteiger charge is 2.41. The lowest BCUT2D eigenvalue weighted by molar-refractivity contribution is -0.145. The first-order valence-electron chi connectivity index (χ1n) is 12.0. The second kappa shape index (κ2) is 9.15. The van der Waals surface area contributed by atoms with Gasteiger partial charge in [0.25, 0.3) is 0 Å². The van der Waals surface area contributed by atoms with Crippen LogP contribution in [0.25, 0.3) is 0 Å². The number of carbonyl (C=O) groups is 2. The quantitative estimate of drug-likeness (QED) is 0.741. The van der Waals surface area contributed by atoms with E-state index >= 15 is 0 Å². The van der Waals surface area contributed by atoms with Crippen molar-refractivity contribution in [3.05, 3.63) is 0 Å². The van der Waals surface area contributed by atoms with E-state index < -0.39 is 0 Å². The first-order valence-corrected chi connectivity index (χ1v) is 12.0. The molecule has 0 aromatic carbocycles. The minimum atomic E-state index is 0.0479. The number of rotatable bonds is 4. The van der Waals surface area contributed by atoms with E-state index in [1.165, 1.54) is 44.9 Å². The van der Waals surface area contributed by atoms with E-state index in [0.29, 0.717) is 23.8 Å². The number of amides is 2. The Morgan fingerprint density at radius 2 is 1.36 bits per heavy atom. The van der Waals surface area contributed by atoms with Gasteiger partial charge >= 0.3 is 0 Å². The maximum Gasteiger partial charge on any atom is 0.240 e. The average Bonchev–Trinajstić information content (AvgIpc) is 3.43. The largest absolute Gasteiger partial charge is 0.340 e. The maximum atomic E-state index is 13.6. The molecule has 0 aromatic heterocycles. The van der Waals surface area contributed by atoms with Gasteiger partial charge in [0.05, 0.1) is 6.04 Å². The van der Waals surface area contributed by atoms with Gasteiger partial charge in [0, 0.05) is 44.7 Å². The minimum Gasteiger partial charge on any atom is -0.340 e. The van der Waals surface area contributed by atoms with Gasteiger partial charge in [-0.15, -0.1) is 0 Å². The molecule has 0 aromatic rings. The van der Waals surface area contributed by atoms with Crippen molar-refractivity contribution in [2.45, 2.75) is 89.6 Å². The zero-order chi connectivity index (χ0) is 19.5. The molecule has 2 atom stereocenters. The van der Waals surface area contributed by atoms with E-state index in [9.17, 15) is 9.59 Å². The molecular weight excluding hydrogens is 350 g/mol. The van der Waals surface area contributed by atoms with Crippen molar-refractivity contribution in [2.24, 2.45) is 11.8 Å². The van der Waals surface area contributed by atoms with E-state index in [4.69, 9.17) is 0 Å². The fraction of sp³-hybridized carbons (Fsp3) is 0.913. The van der Waals surface area contributed by atoms with Gasteiger partial charge < -0.3 is 9.80 Å². The molecule has 2 saturated carbocycles. The lowest BCUT2D eigenvalue weighted by Gasteiger charge is -2.44. The van der Waals surface area contributed by atoms with Gasteiger partial charge in [-0.2, -0.15) is 0 Å². The standard InChI is InChI=1S/C23H39N3O2/c1-18-8-6-7-13-26(18)23(28)21(19-9-2-3-10-19)24-14-16-25(17-15-24)22(27)20-11-4-5-12-20/h18-21H,2-17H2,1H3. The monoisotopic (exact) mass is 389 g/mol. The second-order valence-corrected chi connectivity index (χ2v) is 9.71. The molecule has 28 heavy (non-hydrogen) atoms. The third kappa shape index (κ3) is 4.24. The highest BCUT2D eigenvalue weighted by atomic mass is 16.2. The molecule has 2 aliphatic carbocycles. The number of nitrogens with zero attached hydrogens (tertiary/aromatic N) is 3. The first-order chi connectivity index (χ1) is 13.6. The molecule has 2 unspecified atom stereocenters. The SMILES string of the molecule is CC1CCCCN1C(=O)C(C1CCCC1)N1CCN(C(=O)C2CCCC2)CC1. The van der Waals surface area contributed by atoms with Gasteiger partial charge in [0.1, 0.15) is 0 Å². The Hall–Kier alpha value is -1.10. The number of carbonyl (C=O) groups excluding carboxylic acids is 2. The van der Waals surface area contributed by atoms with Crippen LogP contribution in [-0.4, -0.2) is 71.3 Å². The molecule has 158 valence electrons. The van der Waals surface area contributed by atoms with Crippen molar-refractivity contribution in [3.8, 4) is 0 Å². The molecule has 4 rings (SSSR count). The van der Waals surface area contributed by atoms with Gasteiger partial charge in [0.15, 0.2) is 0 Å². The maximum absolute atomic E-state index is 13.6. The van der Waals surface area contributed by atoms with E-state index in [2.05, 4.69) is 21.6 Å². The summed E-state index contributed by atoms with van der Waals surface area (Å²) in [4.78, 5) is 33.1. The molecule has 2 amide bonds. The number of hydrogen-bond donors (Lipinski definition) is 0. The molecule has 4 fully saturated rings. The van der Waals surface area contributed by atoms with Crippen molar-refractivity contribution in [1.29, 1.82) is 0 Å². The molecule has 2 aliphatic heterocycles. The zero-order valence-corrected chi connectivity index (χ0v) is 17.8. The van der Waals surface area contributed by atoms with Gasteiger partial charge in [-0.25, -0.2) is 0 Å². The van der Waals surface area contributed by atoms with Crippen molar-refractivity contribution < 1.29 is 9.59 Å². The summed E-state index contributed by atoms with van der Waals surface area (Å²) in [6.45, 7) is 6.51. The Bertz CT molecular complexity index is 546. The topological polar surface area (TPSA) is 43.9 Å². The Morgan fingerprint density at radius 1 is 0.750 bits per heavy atom. The van der Waals surface area contributed by atoms with Gasteiger partial charge in [-0.1, -0.05) is 25.7 Å². The molecule has 2 saturated heterocycles. The number of hydrogen-bond acceptors (Lipinski definition) is 3. The van der Waals surface area contributed by atoms with Gasteiger partial charge in [-0.05, 0) is 57.8 Å². The Kier molecular flexibility index (Phi) is 6.59. The van der Waals surface area contributed by atoms with Crippen molar-refractivity contribution in [1.82, 2.24) is 14.7 Å². The van der Waals surface area contributed by atoms with Crippen LogP contribution in [0.15, 0.2) is 0 Å². The van der Waals surface area contributed by atoms with Gasteiger partial charge in [-0.3, -0.25) is 14.5 Å². The van der Waals surface area contributed by atoms with Crippen LogP contribution in [-0.2, 0) is 9.59 Å². The summed E-state index contributed by atoms with van der Waals surface area (Å²) in [7, 11) is 0. The number of likely N-dealkylation sites (tertiary alicyclic amines) is 1. The summed E-state index contributed by atoms with van der Waals surface area (Å²) in [5.41, 5.74) is 0. The summed E-state index contributed by atoms with van der Waals surface area (Å²) in [6.07, 6.45) is 13.0. The molecule has 0 radical (unpaired) electrons. The molecule has 0 spiro atoms. The predicted octanol–water partition coefficient (Wildman–Crippen LogP) is 3.28. The van der Waals surface area contributed by atoms with Gasteiger partial charge in [0.2, 0.25) is 11.8 Å². The predicted molar refractivity (Wildman–Crippen MR) is 111 cm³/mol. The van der Waals surface area contributed by atoms with E-state index in [0.717, 1.165) is 58.4 Å². The molecule has 2 heterocycles. The third-order valence-electron chi connectivity index (χ3n) is 7.91. The number of piperazine rings is 1. The Labute approximate surface area is 170 Å². The lowest BCUT2D eigenvalue weighted by Crippen LogP contribution is -2.60. The van der Waals surface area contributed by atoms with Crippen LogP contribution in [0.1, 0.15) is 77.6 Å². The van der Waals surface area contributed by atoms with Crippen LogP contribution in [0.3, 0.4) is 0 Å². The van der Waals surface area contributed by atoms with Crippen LogP contribution < -0.4 is 0 Å². The molecule has 5 nitrogen and oxygen atoms in total. The second-order valence-electron chi connectivity index (χ2n) is 9.71. The molecular formula is C23H39N3O2. The summed E-state index contributed by atoms with van der Waals surface area (Å²) < 4.78 is 0. The molecule has 5 heteroatoms. The van der Waals surface area contributed by atoms with Crippen LogP contribution in [0, 0.1) is 11.8 Å². The Morgan fingerprint density at radius 3 is 2.00 bits per heavy atom. The first kappa shape index (κ1) is 20.2. The Balaban J connectivity index is 1.41. The molecule has 0 bridgehead atoms. The summed E-state index contributed by atoms with van der Waals surface area (Å²) in [5, 5.41) is 0. The zero-order valence-electron chi connectivity index (χ0n) is 17.8. The third-order valence-corrected chi connectivity index (χ3v) is 7.91. The van der Waals surface area contributed by atoms with Crippen LogP contribution in [0.4, 0.5) is 0 Å². The van der Waals surface area contributed by atoms with Crippen molar-refractivity contribution in [2.75, 3.05) is 32.7 Å². The van der Waals surface area contributed by atoms with Crippen LogP contribution in [0.5, 0.6) is 0 Å². The average molecular weight is 390 g/mol. The van der Waals surface area contributed by atoms with Crippen molar-refractivity contribution >= 4 is 11.8 Å². The summed E-state index contributed by atoms with van der Waals surface area (Å²) in [5.74, 6) is 1.55. The smallest absolute Gasteiger partial charge is 0.240 e. The van der Waals surface area contributed by atoms with E-state index in [-0.39, 0.29) is 12.0 Å². The summed E-state index contributed by atoms with van der Waals surface area (Å²) in [6, 6.07) is 0.433. The highest BCUT2D eigenvalue weighted by molar-refractivity contribution is 5.83. The fourth-order valence-corrected chi connectivity index (χ4v) is 6.18. The fourth-order valence-electron chi connectivity index (χ4n) is 6.18. The minimum absolute atomic E-state index is 0.0479. The normalized spacial score (nSPS) is 29.4. The lowest BCUT2D eigenvalue weighted by atomic mass is 9.92. The number of piperidine rings is 1. The van der Waals surface area contributed by atoms with Crippen LogP contribution >= 0.6 is 0 Å². The molecule has 0 N–H and O–H groups in total. The van der Waals surface area contributed by atoms with E-state index in [1.807, 2.05) is 0 Å². The molecule has 4 aliphatic rings. The summed E-state index contributed by atoms with van der Waals surface area (Å²) >= 11 is 0. The highest BCUT2D eigenvalue weighted by Crippen LogP contribution is 2.33.